The summed E-state index contributed by atoms with van der Waals surface area (Å²) in [6.45, 7) is 3.09. The van der Waals surface area contributed by atoms with E-state index in [1.807, 2.05) is 48.5 Å². The third-order valence-corrected chi connectivity index (χ3v) is 4.05. The Morgan fingerprint density at radius 2 is 1.93 bits per heavy atom. The second-order valence-corrected chi connectivity index (χ2v) is 6.23. The summed E-state index contributed by atoms with van der Waals surface area (Å²) in [5.41, 5.74) is 1.78. The van der Waals surface area contributed by atoms with Crippen LogP contribution in [-0.2, 0) is 4.79 Å². The minimum absolute atomic E-state index is 0.00693. The quantitative estimate of drug-likeness (QED) is 0.301. The van der Waals surface area contributed by atoms with Crippen molar-refractivity contribution in [1.29, 1.82) is 0 Å². The number of aliphatic imine (C=N–C) groups is 1. The normalized spacial score (nSPS) is 12.2. The van der Waals surface area contributed by atoms with Gasteiger partial charge in [0.1, 0.15) is 12.4 Å². The number of aliphatic hydroxyl groups excluding tert-OH is 1. The zero-order chi connectivity index (χ0) is 20.2. The number of carbonyl (C=O) groups is 1. The highest BCUT2D eigenvalue weighted by Crippen LogP contribution is 2.17. The molecule has 0 fully saturated rings. The van der Waals surface area contributed by atoms with Crippen molar-refractivity contribution in [3.8, 4) is 5.75 Å². The summed E-state index contributed by atoms with van der Waals surface area (Å²) >= 11 is 0. The van der Waals surface area contributed by atoms with Gasteiger partial charge in [-0.2, -0.15) is 0 Å². The molecule has 7 heteroatoms. The van der Waals surface area contributed by atoms with Crippen LogP contribution in [0.5, 0.6) is 5.75 Å². The molecule has 1 atom stereocenters. The predicted octanol–water partition coefficient (Wildman–Crippen LogP) is 1.96. The highest BCUT2D eigenvalue weighted by Gasteiger charge is 2.10. The van der Waals surface area contributed by atoms with E-state index in [0.717, 1.165) is 5.56 Å². The minimum atomic E-state index is -0.120. The summed E-state index contributed by atoms with van der Waals surface area (Å²) < 4.78 is 5.70. The van der Waals surface area contributed by atoms with E-state index in [1.54, 1.807) is 13.1 Å². The summed E-state index contributed by atoms with van der Waals surface area (Å²) in [4.78, 5) is 15.3. The maximum absolute atomic E-state index is 11.1. The van der Waals surface area contributed by atoms with Gasteiger partial charge in [-0.25, -0.2) is 0 Å². The number of rotatable bonds is 9. The number of hydrogen-bond acceptors (Lipinski definition) is 4. The molecular weight excluding hydrogens is 356 g/mol. The van der Waals surface area contributed by atoms with Crippen molar-refractivity contribution in [1.82, 2.24) is 10.6 Å². The first-order valence-corrected chi connectivity index (χ1v) is 9.23. The first kappa shape index (κ1) is 21.2. The molecule has 150 valence electrons. The molecule has 0 bridgehead atoms. The lowest BCUT2D eigenvalue weighted by molar-refractivity contribution is -0.114. The van der Waals surface area contributed by atoms with Crippen LogP contribution in [-0.4, -0.2) is 50.3 Å². The van der Waals surface area contributed by atoms with Crippen LogP contribution in [0.3, 0.4) is 0 Å². The van der Waals surface area contributed by atoms with Crippen LogP contribution in [0.1, 0.15) is 18.4 Å². The van der Waals surface area contributed by atoms with Gasteiger partial charge in [0.15, 0.2) is 5.96 Å². The first-order valence-electron chi connectivity index (χ1n) is 9.23. The SMILES string of the molecule is CN=C(NCCOc1cccc(NC(C)=O)c1)NCC(CO)c1ccccc1. The molecule has 0 heterocycles. The molecule has 7 nitrogen and oxygen atoms in total. The van der Waals surface area contributed by atoms with Gasteiger partial charge in [-0.1, -0.05) is 36.4 Å². The standard InChI is InChI=1S/C21H28N4O3/c1-16(27)25-19-9-6-10-20(13-19)28-12-11-23-21(22-2)24-14-18(15-26)17-7-4-3-5-8-17/h3-10,13,18,26H,11-12,14-15H2,1-2H3,(H,25,27)(H2,22,23,24). The lowest BCUT2D eigenvalue weighted by atomic mass is 10.0. The Morgan fingerprint density at radius 1 is 1.14 bits per heavy atom. The molecule has 2 aromatic rings. The number of benzene rings is 2. The Bertz CT molecular complexity index is 765. The molecule has 0 radical (unpaired) electrons. The third-order valence-electron chi connectivity index (χ3n) is 4.05. The fraction of sp³-hybridized carbons (Fsp3) is 0.333. The van der Waals surface area contributed by atoms with Crippen molar-refractivity contribution in [3.63, 3.8) is 0 Å². The molecule has 0 saturated heterocycles. The molecule has 2 rings (SSSR count). The monoisotopic (exact) mass is 384 g/mol. The van der Waals surface area contributed by atoms with Crippen LogP contribution in [0.15, 0.2) is 59.6 Å². The van der Waals surface area contributed by atoms with Gasteiger partial charge < -0.3 is 25.8 Å². The predicted molar refractivity (Wildman–Crippen MR) is 112 cm³/mol. The topological polar surface area (TPSA) is 95.0 Å². The highest BCUT2D eigenvalue weighted by molar-refractivity contribution is 5.88. The number of anilines is 1. The summed E-state index contributed by atoms with van der Waals surface area (Å²) in [7, 11) is 1.70. The Hall–Kier alpha value is -3.06. The molecule has 0 aromatic heterocycles. The van der Waals surface area contributed by atoms with Gasteiger partial charge in [0.25, 0.3) is 0 Å². The van der Waals surface area contributed by atoms with E-state index in [-0.39, 0.29) is 18.4 Å². The van der Waals surface area contributed by atoms with Crippen molar-refractivity contribution in [2.24, 2.45) is 4.99 Å². The van der Waals surface area contributed by atoms with Crippen LogP contribution in [0.25, 0.3) is 0 Å². The molecule has 28 heavy (non-hydrogen) atoms. The Kier molecular flexibility index (Phi) is 8.81. The van der Waals surface area contributed by atoms with Gasteiger partial charge in [0.05, 0.1) is 13.2 Å². The number of carbonyl (C=O) groups excluding carboxylic acids is 1. The number of nitrogens with one attached hydrogen (secondary N) is 3. The number of guanidine groups is 1. The minimum Gasteiger partial charge on any atom is -0.492 e. The second kappa shape index (κ2) is 11.6. The van der Waals surface area contributed by atoms with E-state index in [1.165, 1.54) is 6.92 Å². The zero-order valence-electron chi connectivity index (χ0n) is 16.3. The van der Waals surface area contributed by atoms with Gasteiger partial charge >= 0.3 is 0 Å². The van der Waals surface area contributed by atoms with Crippen LogP contribution in [0, 0.1) is 0 Å². The number of amides is 1. The van der Waals surface area contributed by atoms with Crippen molar-refractivity contribution in [2.75, 3.05) is 38.7 Å². The van der Waals surface area contributed by atoms with Crippen molar-refractivity contribution >= 4 is 17.6 Å². The van der Waals surface area contributed by atoms with Gasteiger partial charge in [-0.05, 0) is 17.7 Å². The lowest BCUT2D eigenvalue weighted by Gasteiger charge is -2.18. The Balaban J connectivity index is 1.74. The van der Waals surface area contributed by atoms with Crippen molar-refractivity contribution < 1.29 is 14.6 Å². The lowest BCUT2D eigenvalue weighted by Crippen LogP contribution is -2.41. The number of ether oxygens (including phenoxy) is 1. The second-order valence-electron chi connectivity index (χ2n) is 6.23. The smallest absolute Gasteiger partial charge is 0.221 e. The molecule has 2 aromatic carbocycles. The Labute approximate surface area is 165 Å². The van der Waals surface area contributed by atoms with E-state index in [0.29, 0.717) is 37.1 Å². The fourth-order valence-electron chi connectivity index (χ4n) is 2.66. The third kappa shape index (κ3) is 7.28. The average molecular weight is 384 g/mol. The van der Waals surface area contributed by atoms with Crippen LogP contribution < -0.4 is 20.7 Å². The summed E-state index contributed by atoms with van der Waals surface area (Å²) in [6.07, 6.45) is 0. The van der Waals surface area contributed by atoms with E-state index in [2.05, 4.69) is 20.9 Å². The molecular formula is C21H28N4O3. The summed E-state index contributed by atoms with van der Waals surface area (Å²) in [6, 6.07) is 17.1. The van der Waals surface area contributed by atoms with Crippen molar-refractivity contribution in [3.05, 3.63) is 60.2 Å². The fourth-order valence-corrected chi connectivity index (χ4v) is 2.66. The molecule has 4 N–H and O–H groups in total. The first-order chi connectivity index (χ1) is 13.6. The average Bonchev–Trinajstić information content (AvgIpc) is 2.70. The molecule has 0 spiro atoms. The zero-order valence-corrected chi connectivity index (χ0v) is 16.3. The molecule has 0 aliphatic heterocycles. The summed E-state index contributed by atoms with van der Waals surface area (Å²) in [5, 5.41) is 18.8. The van der Waals surface area contributed by atoms with E-state index in [9.17, 15) is 9.90 Å². The maximum atomic E-state index is 11.1. The molecule has 0 saturated carbocycles. The molecule has 0 aliphatic rings. The van der Waals surface area contributed by atoms with Gasteiger partial charge in [-0.3, -0.25) is 9.79 Å². The molecule has 1 unspecified atom stereocenters. The molecule has 1 amide bonds. The largest absolute Gasteiger partial charge is 0.492 e. The highest BCUT2D eigenvalue weighted by atomic mass is 16.5. The number of hydrogen-bond donors (Lipinski definition) is 4. The van der Waals surface area contributed by atoms with Crippen LogP contribution in [0.2, 0.25) is 0 Å². The number of nitrogens with zero attached hydrogens (tertiary/aromatic N) is 1. The van der Waals surface area contributed by atoms with Gasteiger partial charge in [0.2, 0.25) is 5.91 Å². The van der Waals surface area contributed by atoms with E-state index < -0.39 is 0 Å². The van der Waals surface area contributed by atoms with Gasteiger partial charge in [-0.15, -0.1) is 0 Å². The van der Waals surface area contributed by atoms with E-state index in [4.69, 9.17) is 4.74 Å². The van der Waals surface area contributed by atoms with Crippen molar-refractivity contribution in [2.45, 2.75) is 12.8 Å². The number of aliphatic hydroxyl groups is 1. The Morgan fingerprint density at radius 3 is 2.61 bits per heavy atom. The summed E-state index contributed by atoms with van der Waals surface area (Å²) in [5.74, 6) is 1.20. The van der Waals surface area contributed by atoms with E-state index >= 15 is 0 Å². The molecule has 0 aliphatic carbocycles. The van der Waals surface area contributed by atoms with Crippen LogP contribution >= 0.6 is 0 Å². The maximum Gasteiger partial charge on any atom is 0.221 e. The van der Waals surface area contributed by atoms with Crippen LogP contribution in [0.4, 0.5) is 5.69 Å². The van der Waals surface area contributed by atoms with Gasteiger partial charge in [0, 0.05) is 38.2 Å².